The van der Waals surface area contributed by atoms with Gasteiger partial charge in [-0.3, -0.25) is 0 Å². The van der Waals surface area contributed by atoms with E-state index in [1.165, 1.54) is 0 Å². The largest absolute Gasteiger partial charge is 0.481 e. The molecule has 0 aliphatic heterocycles. The van der Waals surface area contributed by atoms with Gasteiger partial charge in [-0.25, -0.2) is 4.79 Å². The molecule has 30 heavy (non-hydrogen) atoms. The summed E-state index contributed by atoms with van der Waals surface area (Å²) in [7, 11) is 0. The second-order valence-corrected chi connectivity index (χ2v) is 6.48. The minimum Gasteiger partial charge on any atom is -0.481 e. The van der Waals surface area contributed by atoms with Crippen molar-refractivity contribution in [3.8, 4) is 29.7 Å². The highest BCUT2D eigenvalue weighted by atomic mass is 35.5. The summed E-state index contributed by atoms with van der Waals surface area (Å²) < 4.78 is 10.9. The molecular formula is C22H19ClN4O3. The van der Waals surface area contributed by atoms with Crippen molar-refractivity contribution >= 4 is 23.3 Å². The van der Waals surface area contributed by atoms with E-state index in [1.54, 1.807) is 36.4 Å². The zero-order valence-corrected chi connectivity index (χ0v) is 16.7. The Labute approximate surface area is 179 Å². The maximum atomic E-state index is 12.1. The maximum absolute atomic E-state index is 12.1. The van der Waals surface area contributed by atoms with Crippen molar-refractivity contribution in [2.45, 2.75) is 6.42 Å². The summed E-state index contributed by atoms with van der Waals surface area (Å²) in [5.74, 6) is 4.03. The fourth-order valence-corrected chi connectivity index (χ4v) is 2.56. The second-order valence-electron chi connectivity index (χ2n) is 6.09. The number of benzene rings is 2. The molecule has 0 aliphatic carbocycles. The molecule has 3 aromatic rings. The number of anilines is 1. The van der Waals surface area contributed by atoms with E-state index in [1.807, 2.05) is 24.3 Å². The number of urea groups is 1. The molecule has 0 radical (unpaired) electrons. The van der Waals surface area contributed by atoms with E-state index in [0.717, 1.165) is 11.3 Å². The lowest BCUT2D eigenvalue weighted by molar-refractivity contribution is 0.252. The third-order valence-corrected chi connectivity index (χ3v) is 4.09. The molecule has 152 valence electrons. The topological polar surface area (TPSA) is 85.4 Å². The van der Waals surface area contributed by atoms with Gasteiger partial charge in [0.25, 0.3) is 0 Å². The van der Waals surface area contributed by atoms with Crippen LogP contribution in [0.3, 0.4) is 0 Å². The van der Waals surface area contributed by atoms with Gasteiger partial charge in [-0.2, -0.15) is 0 Å². The highest BCUT2D eigenvalue weighted by Crippen LogP contribution is 2.21. The number of terminal acetylenes is 1. The molecule has 0 spiro atoms. The molecule has 1 aromatic heterocycles. The lowest BCUT2D eigenvalue weighted by Crippen LogP contribution is -2.30. The Hall–Kier alpha value is -3.76. The SMILES string of the molecule is C#CCOc1ccc(CCNC(=O)Nc2ccc(Oc3ccc(Cl)nn3)cc2)cc1. The number of ether oxygens (including phenoxy) is 2. The molecule has 2 aromatic carbocycles. The Morgan fingerprint density at radius 1 is 1.00 bits per heavy atom. The molecule has 0 atom stereocenters. The van der Waals surface area contributed by atoms with Gasteiger partial charge < -0.3 is 20.1 Å². The molecule has 0 saturated heterocycles. The van der Waals surface area contributed by atoms with E-state index in [4.69, 9.17) is 27.5 Å². The van der Waals surface area contributed by atoms with E-state index in [0.29, 0.717) is 35.4 Å². The molecule has 7 nitrogen and oxygen atoms in total. The molecule has 2 N–H and O–H groups in total. The molecule has 3 rings (SSSR count). The van der Waals surface area contributed by atoms with Crippen LogP contribution in [0.1, 0.15) is 5.56 Å². The number of nitrogens with zero attached hydrogens (tertiary/aromatic N) is 2. The van der Waals surface area contributed by atoms with Crippen molar-refractivity contribution < 1.29 is 14.3 Å². The number of rotatable bonds is 8. The number of hydrogen-bond acceptors (Lipinski definition) is 5. The molecule has 0 aliphatic rings. The molecule has 0 fully saturated rings. The van der Waals surface area contributed by atoms with Crippen molar-refractivity contribution in [2.24, 2.45) is 0 Å². The minimum absolute atomic E-state index is 0.239. The monoisotopic (exact) mass is 422 g/mol. The van der Waals surface area contributed by atoms with Gasteiger partial charge >= 0.3 is 6.03 Å². The van der Waals surface area contributed by atoms with Crippen molar-refractivity contribution in [1.82, 2.24) is 15.5 Å². The maximum Gasteiger partial charge on any atom is 0.319 e. The van der Waals surface area contributed by atoms with Crippen molar-refractivity contribution in [1.29, 1.82) is 0 Å². The van der Waals surface area contributed by atoms with Crippen LogP contribution in [0.25, 0.3) is 0 Å². The summed E-state index contributed by atoms with van der Waals surface area (Å²) in [5, 5.41) is 13.4. The van der Waals surface area contributed by atoms with Gasteiger partial charge in [-0.15, -0.1) is 16.6 Å². The average molecular weight is 423 g/mol. The first-order chi connectivity index (χ1) is 14.6. The molecule has 0 bridgehead atoms. The van der Waals surface area contributed by atoms with Gasteiger partial charge in [0.2, 0.25) is 5.88 Å². The molecule has 0 unspecified atom stereocenters. The van der Waals surface area contributed by atoms with Gasteiger partial charge in [-0.05, 0) is 54.4 Å². The van der Waals surface area contributed by atoms with Gasteiger partial charge in [0.15, 0.2) is 5.15 Å². The van der Waals surface area contributed by atoms with Crippen LogP contribution < -0.4 is 20.1 Å². The van der Waals surface area contributed by atoms with Gasteiger partial charge in [0.05, 0.1) is 0 Å². The molecule has 2 amide bonds. The summed E-state index contributed by atoms with van der Waals surface area (Å²) in [6, 6.07) is 17.4. The predicted molar refractivity (Wildman–Crippen MR) is 115 cm³/mol. The summed E-state index contributed by atoms with van der Waals surface area (Å²) in [4.78, 5) is 12.1. The zero-order chi connectivity index (χ0) is 21.2. The zero-order valence-electron chi connectivity index (χ0n) is 16.0. The molecular weight excluding hydrogens is 404 g/mol. The highest BCUT2D eigenvalue weighted by Gasteiger charge is 2.04. The fraction of sp³-hybridized carbons (Fsp3) is 0.136. The van der Waals surface area contributed by atoms with E-state index in [9.17, 15) is 4.79 Å². The Morgan fingerprint density at radius 2 is 1.73 bits per heavy atom. The Morgan fingerprint density at radius 3 is 2.40 bits per heavy atom. The van der Waals surface area contributed by atoms with E-state index >= 15 is 0 Å². The number of hydrogen-bond donors (Lipinski definition) is 2. The Balaban J connectivity index is 1.41. The second kappa shape index (κ2) is 10.7. The first-order valence-corrected chi connectivity index (χ1v) is 9.47. The molecule has 8 heteroatoms. The van der Waals surface area contributed by atoms with Crippen LogP contribution in [0, 0.1) is 12.3 Å². The third kappa shape index (κ3) is 6.69. The lowest BCUT2D eigenvalue weighted by Gasteiger charge is -2.09. The van der Waals surface area contributed by atoms with Gasteiger partial charge in [0.1, 0.15) is 18.1 Å². The third-order valence-electron chi connectivity index (χ3n) is 3.89. The summed E-state index contributed by atoms with van der Waals surface area (Å²) in [6.45, 7) is 0.732. The van der Waals surface area contributed by atoms with Crippen LogP contribution >= 0.6 is 11.6 Å². The van der Waals surface area contributed by atoms with Crippen molar-refractivity contribution in [2.75, 3.05) is 18.5 Å². The molecule has 0 saturated carbocycles. The van der Waals surface area contributed by atoms with E-state index in [-0.39, 0.29) is 12.6 Å². The lowest BCUT2D eigenvalue weighted by atomic mass is 10.1. The number of carbonyl (C=O) groups excluding carboxylic acids is 1. The summed E-state index contributed by atoms with van der Waals surface area (Å²) in [5.41, 5.74) is 1.72. The predicted octanol–water partition coefficient (Wildman–Crippen LogP) is 4.30. The quantitative estimate of drug-likeness (QED) is 0.529. The van der Waals surface area contributed by atoms with Crippen molar-refractivity contribution in [3.05, 3.63) is 71.4 Å². The number of amides is 2. The van der Waals surface area contributed by atoms with E-state index < -0.39 is 0 Å². The van der Waals surface area contributed by atoms with Crippen LogP contribution in [0.4, 0.5) is 10.5 Å². The average Bonchev–Trinajstić information content (AvgIpc) is 2.76. The van der Waals surface area contributed by atoms with Crippen LogP contribution in [-0.2, 0) is 6.42 Å². The van der Waals surface area contributed by atoms with Crippen LogP contribution in [0.2, 0.25) is 5.15 Å². The van der Waals surface area contributed by atoms with E-state index in [2.05, 4.69) is 26.8 Å². The number of nitrogens with one attached hydrogen (secondary N) is 2. The highest BCUT2D eigenvalue weighted by molar-refractivity contribution is 6.29. The molecule has 1 heterocycles. The standard InChI is InChI=1S/C22H19ClN4O3/c1-2-15-29-18-7-3-16(4-8-18)13-14-24-22(28)25-17-5-9-19(10-6-17)30-21-12-11-20(23)26-27-21/h1,3-12H,13-15H2,(H2,24,25,28). The first-order valence-electron chi connectivity index (χ1n) is 9.09. The Kier molecular flexibility index (Phi) is 7.47. The van der Waals surface area contributed by atoms with Gasteiger partial charge in [0, 0.05) is 18.3 Å². The van der Waals surface area contributed by atoms with Crippen LogP contribution in [0.5, 0.6) is 17.4 Å². The first kappa shape index (κ1) is 21.0. The smallest absolute Gasteiger partial charge is 0.319 e. The number of aromatic nitrogens is 2. The van der Waals surface area contributed by atoms with Gasteiger partial charge in [-0.1, -0.05) is 29.7 Å². The normalized spacial score (nSPS) is 10.0. The number of carbonyl (C=O) groups is 1. The summed E-state index contributed by atoms with van der Waals surface area (Å²) >= 11 is 5.69. The number of halogens is 1. The van der Waals surface area contributed by atoms with Crippen LogP contribution in [0.15, 0.2) is 60.7 Å². The fourth-order valence-electron chi connectivity index (χ4n) is 2.46. The van der Waals surface area contributed by atoms with Crippen molar-refractivity contribution in [3.63, 3.8) is 0 Å². The summed E-state index contributed by atoms with van der Waals surface area (Å²) in [6.07, 6.45) is 5.85. The minimum atomic E-state index is -0.291. The Bertz CT molecular complexity index is 1000. The van der Waals surface area contributed by atoms with Crippen LogP contribution in [-0.4, -0.2) is 29.4 Å².